The van der Waals surface area contributed by atoms with Crippen molar-refractivity contribution in [2.45, 2.75) is 44.4 Å². The van der Waals surface area contributed by atoms with Crippen LogP contribution < -0.4 is 10.1 Å². The van der Waals surface area contributed by atoms with Crippen LogP contribution in [0.2, 0.25) is 0 Å². The number of hydrogen-bond donors (Lipinski definition) is 1. The second-order valence-electron chi connectivity index (χ2n) is 7.78. The van der Waals surface area contributed by atoms with Crippen molar-refractivity contribution >= 4 is 15.9 Å². The van der Waals surface area contributed by atoms with Crippen LogP contribution in [0.5, 0.6) is 5.75 Å². The molecule has 162 valence electrons. The quantitative estimate of drug-likeness (QED) is 0.620. The molecule has 1 amide bonds. The van der Waals surface area contributed by atoms with Gasteiger partial charge < -0.3 is 10.1 Å². The highest BCUT2D eigenvalue weighted by atomic mass is 32.2. The van der Waals surface area contributed by atoms with Crippen LogP contribution in [0.25, 0.3) is 0 Å². The molecule has 0 unspecified atom stereocenters. The van der Waals surface area contributed by atoms with Gasteiger partial charge in [-0.3, -0.25) is 4.79 Å². The minimum absolute atomic E-state index is 0.0483. The lowest BCUT2D eigenvalue weighted by atomic mass is 10.1. The molecule has 0 atom stereocenters. The van der Waals surface area contributed by atoms with E-state index in [0.717, 1.165) is 35.3 Å². The Kier molecular flexibility index (Phi) is 7.50. The van der Waals surface area contributed by atoms with Gasteiger partial charge in [-0.2, -0.15) is 4.31 Å². The Balaban J connectivity index is 1.40. The van der Waals surface area contributed by atoms with E-state index in [1.165, 1.54) is 4.31 Å². The van der Waals surface area contributed by atoms with E-state index in [4.69, 9.17) is 4.74 Å². The highest BCUT2D eigenvalue weighted by Gasteiger charge is 2.26. The van der Waals surface area contributed by atoms with Gasteiger partial charge in [0.1, 0.15) is 12.4 Å². The number of aryl methyl sites for hydroxylation is 3. The molecule has 0 spiro atoms. The molecule has 1 aliphatic rings. The second-order valence-corrected chi connectivity index (χ2v) is 9.71. The molecule has 1 fully saturated rings. The zero-order chi connectivity index (χ0) is 21.6. The van der Waals surface area contributed by atoms with Gasteiger partial charge in [0.15, 0.2) is 0 Å². The summed E-state index contributed by atoms with van der Waals surface area (Å²) in [7, 11) is -3.39. The Morgan fingerprint density at radius 2 is 1.67 bits per heavy atom. The number of hydrogen-bond acceptors (Lipinski definition) is 4. The SMILES string of the molecule is Cc1cc(C)cc(OCCNC(=O)CCc2ccc(S(=O)(=O)N3CCCC3)cc2)c1. The van der Waals surface area contributed by atoms with E-state index >= 15 is 0 Å². The maximum Gasteiger partial charge on any atom is 0.243 e. The Bertz CT molecular complexity index is 945. The van der Waals surface area contributed by atoms with Gasteiger partial charge in [0, 0.05) is 19.5 Å². The normalized spacial score (nSPS) is 14.6. The molecule has 0 saturated carbocycles. The van der Waals surface area contributed by atoms with Crippen molar-refractivity contribution < 1.29 is 17.9 Å². The van der Waals surface area contributed by atoms with Crippen molar-refractivity contribution in [1.82, 2.24) is 9.62 Å². The van der Waals surface area contributed by atoms with Crippen LogP contribution in [0, 0.1) is 13.8 Å². The van der Waals surface area contributed by atoms with E-state index < -0.39 is 10.0 Å². The maximum absolute atomic E-state index is 12.5. The number of benzene rings is 2. The fourth-order valence-electron chi connectivity index (χ4n) is 3.63. The molecular formula is C23H30N2O4S. The molecule has 0 aliphatic carbocycles. The summed E-state index contributed by atoms with van der Waals surface area (Å²) in [6, 6.07) is 12.9. The lowest BCUT2D eigenvalue weighted by Crippen LogP contribution is -2.28. The van der Waals surface area contributed by atoms with Gasteiger partial charge in [-0.25, -0.2) is 8.42 Å². The van der Waals surface area contributed by atoms with Crippen LogP contribution in [0.4, 0.5) is 0 Å². The van der Waals surface area contributed by atoms with Crippen molar-refractivity contribution in [2.75, 3.05) is 26.2 Å². The Labute approximate surface area is 179 Å². The molecule has 0 aromatic heterocycles. The first kappa shape index (κ1) is 22.3. The van der Waals surface area contributed by atoms with Crippen molar-refractivity contribution in [3.8, 4) is 5.75 Å². The van der Waals surface area contributed by atoms with E-state index in [2.05, 4.69) is 11.4 Å². The first-order chi connectivity index (χ1) is 14.3. The third-order valence-electron chi connectivity index (χ3n) is 5.16. The van der Waals surface area contributed by atoms with Gasteiger partial charge >= 0.3 is 0 Å². The summed E-state index contributed by atoms with van der Waals surface area (Å²) < 4.78 is 32.3. The molecule has 1 N–H and O–H groups in total. The number of nitrogens with zero attached hydrogens (tertiary/aromatic N) is 1. The molecule has 0 bridgehead atoms. The molecule has 7 heteroatoms. The molecule has 1 heterocycles. The average Bonchev–Trinajstić information content (AvgIpc) is 3.25. The highest BCUT2D eigenvalue weighted by Crippen LogP contribution is 2.21. The van der Waals surface area contributed by atoms with Gasteiger partial charge in [0.25, 0.3) is 0 Å². The number of sulfonamides is 1. The molecule has 2 aromatic rings. The van der Waals surface area contributed by atoms with Crippen LogP contribution in [0.1, 0.15) is 36.0 Å². The topological polar surface area (TPSA) is 75.7 Å². The minimum Gasteiger partial charge on any atom is -0.492 e. The molecule has 3 rings (SSSR count). The Hall–Kier alpha value is -2.38. The van der Waals surface area contributed by atoms with Crippen molar-refractivity contribution in [3.63, 3.8) is 0 Å². The lowest BCUT2D eigenvalue weighted by molar-refractivity contribution is -0.121. The third kappa shape index (κ3) is 6.06. The van der Waals surface area contributed by atoms with Crippen molar-refractivity contribution in [3.05, 3.63) is 59.2 Å². The smallest absolute Gasteiger partial charge is 0.243 e. The number of rotatable bonds is 9. The first-order valence-corrected chi connectivity index (χ1v) is 11.9. The first-order valence-electron chi connectivity index (χ1n) is 10.4. The highest BCUT2D eigenvalue weighted by molar-refractivity contribution is 7.89. The standard InChI is InChI=1S/C23H30N2O4S/c1-18-15-19(2)17-21(16-18)29-14-11-24-23(26)10-7-20-5-8-22(9-6-20)30(27,28)25-12-3-4-13-25/h5-6,8-9,15-17H,3-4,7,10-14H2,1-2H3,(H,24,26). The molecule has 2 aromatic carbocycles. The van der Waals surface area contributed by atoms with Gasteiger partial charge in [0.2, 0.25) is 15.9 Å². The molecular weight excluding hydrogens is 400 g/mol. The zero-order valence-electron chi connectivity index (χ0n) is 17.7. The van der Waals surface area contributed by atoms with Crippen LogP contribution in [-0.2, 0) is 21.2 Å². The van der Waals surface area contributed by atoms with Crippen LogP contribution in [-0.4, -0.2) is 44.9 Å². The van der Waals surface area contributed by atoms with E-state index in [1.807, 2.05) is 26.0 Å². The van der Waals surface area contributed by atoms with Gasteiger partial charge in [-0.05, 0) is 74.1 Å². The Morgan fingerprint density at radius 3 is 2.30 bits per heavy atom. The van der Waals surface area contributed by atoms with Crippen LogP contribution in [0.3, 0.4) is 0 Å². The van der Waals surface area contributed by atoms with E-state index in [0.29, 0.717) is 44.0 Å². The molecule has 0 radical (unpaired) electrons. The number of amides is 1. The fraction of sp³-hybridized carbons (Fsp3) is 0.435. The summed E-state index contributed by atoms with van der Waals surface area (Å²) >= 11 is 0. The third-order valence-corrected chi connectivity index (χ3v) is 7.07. The summed E-state index contributed by atoms with van der Waals surface area (Å²) in [6.45, 7) is 6.09. The van der Waals surface area contributed by atoms with E-state index in [9.17, 15) is 13.2 Å². The zero-order valence-corrected chi connectivity index (χ0v) is 18.5. The fourth-order valence-corrected chi connectivity index (χ4v) is 5.14. The second kappa shape index (κ2) is 10.1. The number of nitrogens with one attached hydrogen (secondary N) is 1. The van der Waals surface area contributed by atoms with Gasteiger partial charge in [-0.15, -0.1) is 0 Å². The van der Waals surface area contributed by atoms with Crippen LogP contribution in [0.15, 0.2) is 47.4 Å². The van der Waals surface area contributed by atoms with E-state index in [1.54, 1.807) is 24.3 Å². The summed E-state index contributed by atoms with van der Waals surface area (Å²) in [5.74, 6) is 0.763. The Morgan fingerprint density at radius 1 is 1.03 bits per heavy atom. The van der Waals surface area contributed by atoms with Gasteiger partial charge in [0.05, 0.1) is 11.4 Å². The predicted octanol–water partition coefficient (Wildman–Crippen LogP) is 3.22. The van der Waals surface area contributed by atoms with Crippen LogP contribution >= 0.6 is 0 Å². The predicted molar refractivity (Wildman–Crippen MR) is 117 cm³/mol. The number of ether oxygens (including phenoxy) is 1. The van der Waals surface area contributed by atoms with Crippen molar-refractivity contribution in [2.24, 2.45) is 0 Å². The van der Waals surface area contributed by atoms with Crippen molar-refractivity contribution in [1.29, 1.82) is 0 Å². The summed E-state index contributed by atoms with van der Waals surface area (Å²) in [6.07, 6.45) is 2.75. The summed E-state index contributed by atoms with van der Waals surface area (Å²) in [5, 5.41) is 2.86. The molecule has 1 aliphatic heterocycles. The molecule has 30 heavy (non-hydrogen) atoms. The molecule has 1 saturated heterocycles. The summed E-state index contributed by atoms with van der Waals surface area (Å²) in [5.41, 5.74) is 3.23. The lowest BCUT2D eigenvalue weighted by Gasteiger charge is -2.15. The average molecular weight is 431 g/mol. The monoisotopic (exact) mass is 430 g/mol. The maximum atomic E-state index is 12.5. The molecule has 6 nitrogen and oxygen atoms in total. The van der Waals surface area contributed by atoms with Gasteiger partial charge in [-0.1, -0.05) is 18.2 Å². The largest absolute Gasteiger partial charge is 0.492 e. The number of carbonyl (C=O) groups is 1. The summed E-state index contributed by atoms with van der Waals surface area (Å²) in [4.78, 5) is 12.4. The van der Waals surface area contributed by atoms with E-state index in [-0.39, 0.29) is 5.91 Å². The number of carbonyl (C=O) groups excluding carboxylic acids is 1. The minimum atomic E-state index is -3.39.